The molecule has 0 aromatic rings. The Bertz CT molecular complexity index is 113. The number of hydrogen-bond donors (Lipinski definition) is 2. The van der Waals surface area contributed by atoms with Gasteiger partial charge in [0, 0.05) is 12.1 Å². The summed E-state index contributed by atoms with van der Waals surface area (Å²) in [7, 11) is 0. The first-order valence-electron chi connectivity index (χ1n) is 4.26. The van der Waals surface area contributed by atoms with Gasteiger partial charge in [-0.1, -0.05) is 13.8 Å². The highest BCUT2D eigenvalue weighted by atomic mass is 17.1. The lowest BCUT2D eigenvalue weighted by atomic mass is 10.2. The normalized spacial score (nSPS) is 20.7. The highest BCUT2D eigenvalue weighted by Gasteiger charge is 2.31. The molecular weight excluding hydrogens is 142 g/mol. The van der Waals surface area contributed by atoms with E-state index in [1.807, 2.05) is 0 Å². The van der Waals surface area contributed by atoms with Gasteiger partial charge in [0.05, 0.1) is 6.61 Å². The quantitative estimate of drug-likeness (QED) is 0.468. The minimum Gasteiger partial charge on any atom is -0.309 e. The molecule has 1 unspecified atom stereocenters. The van der Waals surface area contributed by atoms with Gasteiger partial charge in [0.2, 0.25) is 0 Å². The SMILES string of the molecule is CC(C)NC(COO)C1CC1. The second-order valence-electron chi connectivity index (χ2n) is 3.56. The van der Waals surface area contributed by atoms with Crippen LogP contribution in [0.3, 0.4) is 0 Å². The fourth-order valence-corrected chi connectivity index (χ4v) is 1.33. The fourth-order valence-electron chi connectivity index (χ4n) is 1.33. The zero-order valence-corrected chi connectivity index (χ0v) is 7.21. The van der Waals surface area contributed by atoms with E-state index in [0.717, 1.165) is 5.92 Å². The first kappa shape index (κ1) is 8.97. The highest BCUT2D eigenvalue weighted by molar-refractivity contribution is 4.86. The Morgan fingerprint density at radius 1 is 1.55 bits per heavy atom. The molecule has 1 rings (SSSR count). The van der Waals surface area contributed by atoms with Crippen molar-refractivity contribution in [2.75, 3.05) is 6.61 Å². The predicted octanol–water partition coefficient (Wildman–Crippen LogP) is 1.25. The molecule has 3 nitrogen and oxygen atoms in total. The van der Waals surface area contributed by atoms with Gasteiger partial charge in [-0.25, -0.2) is 4.89 Å². The van der Waals surface area contributed by atoms with Gasteiger partial charge in [0.1, 0.15) is 0 Å². The van der Waals surface area contributed by atoms with E-state index < -0.39 is 0 Å². The summed E-state index contributed by atoms with van der Waals surface area (Å²) in [5.74, 6) is 0.726. The number of nitrogens with one attached hydrogen (secondary N) is 1. The Morgan fingerprint density at radius 2 is 2.18 bits per heavy atom. The van der Waals surface area contributed by atoms with Crippen molar-refractivity contribution in [3.05, 3.63) is 0 Å². The average Bonchev–Trinajstić information content (AvgIpc) is 2.66. The van der Waals surface area contributed by atoms with Gasteiger partial charge in [-0.15, -0.1) is 0 Å². The lowest BCUT2D eigenvalue weighted by Crippen LogP contribution is -2.39. The molecule has 0 bridgehead atoms. The van der Waals surface area contributed by atoms with Crippen LogP contribution in [0.2, 0.25) is 0 Å². The van der Waals surface area contributed by atoms with Crippen LogP contribution in [0.15, 0.2) is 0 Å². The Kier molecular flexibility index (Phi) is 3.30. The fraction of sp³-hybridized carbons (Fsp3) is 1.00. The van der Waals surface area contributed by atoms with Crippen molar-refractivity contribution in [3.63, 3.8) is 0 Å². The van der Waals surface area contributed by atoms with Crippen LogP contribution in [-0.2, 0) is 4.89 Å². The first-order chi connectivity index (χ1) is 5.24. The Morgan fingerprint density at radius 3 is 2.55 bits per heavy atom. The molecule has 0 radical (unpaired) electrons. The van der Waals surface area contributed by atoms with E-state index in [-0.39, 0.29) is 0 Å². The summed E-state index contributed by atoms with van der Waals surface area (Å²) in [6.07, 6.45) is 2.54. The third kappa shape index (κ3) is 3.18. The van der Waals surface area contributed by atoms with Crippen LogP contribution < -0.4 is 5.32 Å². The lowest BCUT2D eigenvalue weighted by Gasteiger charge is -2.18. The zero-order chi connectivity index (χ0) is 8.27. The molecule has 0 spiro atoms. The molecule has 0 aliphatic heterocycles. The molecule has 0 aromatic carbocycles. The molecule has 66 valence electrons. The summed E-state index contributed by atoms with van der Waals surface area (Å²) in [4.78, 5) is 4.14. The van der Waals surface area contributed by atoms with E-state index in [0.29, 0.717) is 18.7 Å². The van der Waals surface area contributed by atoms with E-state index in [1.54, 1.807) is 0 Å². The third-order valence-corrected chi connectivity index (χ3v) is 1.99. The summed E-state index contributed by atoms with van der Waals surface area (Å²) in [6, 6.07) is 0.816. The maximum absolute atomic E-state index is 8.29. The first-order valence-corrected chi connectivity index (χ1v) is 4.26. The van der Waals surface area contributed by atoms with Crippen molar-refractivity contribution < 1.29 is 10.1 Å². The van der Waals surface area contributed by atoms with Crippen LogP contribution in [0, 0.1) is 5.92 Å². The van der Waals surface area contributed by atoms with Crippen LogP contribution in [-0.4, -0.2) is 23.9 Å². The Hall–Kier alpha value is -0.120. The maximum atomic E-state index is 8.29. The molecule has 2 N–H and O–H groups in total. The van der Waals surface area contributed by atoms with Crippen molar-refractivity contribution in [2.24, 2.45) is 5.92 Å². The molecule has 1 fully saturated rings. The molecule has 3 heteroatoms. The van der Waals surface area contributed by atoms with Crippen molar-refractivity contribution in [1.29, 1.82) is 0 Å². The van der Waals surface area contributed by atoms with Gasteiger partial charge in [-0.05, 0) is 18.8 Å². The smallest absolute Gasteiger partial charge is 0.0975 e. The van der Waals surface area contributed by atoms with E-state index in [9.17, 15) is 0 Å². The molecular formula is C8H17NO2. The van der Waals surface area contributed by atoms with E-state index in [4.69, 9.17) is 5.26 Å². The molecule has 11 heavy (non-hydrogen) atoms. The number of rotatable bonds is 5. The lowest BCUT2D eigenvalue weighted by molar-refractivity contribution is -0.247. The van der Waals surface area contributed by atoms with Crippen LogP contribution in [0.4, 0.5) is 0 Å². The van der Waals surface area contributed by atoms with Gasteiger partial charge < -0.3 is 5.32 Å². The van der Waals surface area contributed by atoms with Crippen molar-refractivity contribution in [3.8, 4) is 0 Å². The maximum Gasteiger partial charge on any atom is 0.0975 e. The molecule has 0 amide bonds. The van der Waals surface area contributed by atoms with E-state index in [1.165, 1.54) is 12.8 Å². The van der Waals surface area contributed by atoms with Crippen molar-refractivity contribution >= 4 is 0 Å². The minimum atomic E-state index is 0.347. The molecule has 0 saturated heterocycles. The van der Waals surface area contributed by atoms with Crippen molar-refractivity contribution in [1.82, 2.24) is 5.32 Å². The largest absolute Gasteiger partial charge is 0.309 e. The average molecular weight is 159 g/mol. The monoisotopic (exact) mass is 159 g/mol. The van der Waals surface area contributed by atoms with Crippen LogP contribution >= 0.6 is 0 Å². The van der Waals surface area contributed by atoms with Crippen LogP contribution in [0.1, 0.15) is 26.7 Å². The van der Waals surface area contributed by atoms with Gasteiger partial charge in [-0.3, -0.25) is 5.26 Å². The highest BCUT2D eigenvalue weighted by Crippen LogP contribution is 2.32. The van der Waals surface area contributed by atoms with Gasteiger partial charge >= 0.3 is 0 Å². The van der Waals surface area contributed by atoms with E-state index >= 15 is 0 Å². The van der Waals surface area contributed by atoms with Gasteiger partial charge in [0.25, 0.3) is 0 Å². The van der Waals surface area contributed by atoms with Gasteiger partial charge in [0.15, 0.2) is 0 Å². The Labute approximate surface area is 67.7 Å². The third-order valence-electron chi connectivity index (χ3n) is 1.99. The summed E-state index contributed by atoms with van der Waals surface area (Å²) in [5, 5.41) is 11.6. The molecule has 1 atom stereocenters. The van der Waals surface area contributed by atoms with Crippen LogP contribution in [0.25, 0.3) is 0 Å². The second kappa shape index (κ2) is 4.04. The predicted molar refractivity (Wildman–Crippen MR) is 43.4 cm³/mol. The molecule has 1 saturated carbocycles. The minimum absolute atomic E-state index is 0.347. The van der Waals surface area contributed by atoms with Gasteiger partial charge in [-0.2, -0.15) is 0 Å². The standard InChI is InChI=1S/C8H17NO2/c1-6(2)9-8(5-11-10)7-3-4-7/h6-10H,3-5H2,1-2H3. The van der Waals surface area contributed by atoms with Crippen molar-refractivity contribution in [2.45, 2.75) is 38.8 Å². The van der Waals surface area contributed by atoms with E-state index in [2.05, 4.69) is 24.1 Å². The summed E-state index contributed by atoms with van der Waals surface area (Å²) >= 11 is 0. The molecule has 0 aromatic heterocycles. The summed E-state index contributed by atoms with van der Waals surface area (Å²) in [5.41, 5.74) is 0. The second-order valence-corrected chi connectivity index (χ2v) is 3.56. The summed E-state index contributed by atoms with van der Waals surface area (Å²) < 4.78 is 0. The summed E-state index contributed by atoms with van der Waals surface area (Å²) in [6.45, 7) is 4.63. The molecule has 1 aliphatic carbocycles. The zero-order valence-electron chi connectivity index (χ0n) is 7.21. The topological polar surface area (TPSA) is 41.5 Å². The number of hydrogen-bond acceptors (Lipinski definition) is 3. The Balaban J connectivity index is 2.20. The molecule has 1 aliphatic rings. The molecule has 0 heterocycles. The van der Waals surface area contributed by atoms with Crippen LogP contribution in [0.5, 0.6) is 0 Å².